The van der Waals surface area contributed by atoms with Crippen LogP contribution in [0.5, 0.6) is 11.5 Å². The molecule has 0 saturated heterocycles. The summed E-state index contributed by atoms with van der Waals surface area (Å²) >= 11 is 1.42. The highest BCUT2D eigenvalue weighted by Crippen LogP contribution is 2.40. The van der Waals surface area contributed by atoms with E-state index >= 15 is 0 Å². The molecule has 0 fully saturated rings. The molecule has 0 unspecified atom stereocenters. The van der Waals surface area contributed by atoms with Crippen LogP contribution in [0.1, 0.15) is 26.3 Å². The average Bonchev–Trinajstić information content (AvgIpc) is 3.32. The molecule has 0 aliphatic carbocycles. The molecule has 2 aromatic carbocycles. The lowest BCUT2D eigenvalue weighted by Crippen LogP contribution is -2.38. The number of fused-ring (bicyclic) bond motifs is 1. The molecule has 0 bridgehead atoms. The number of thiophene rings is 1. The second-order valence-electron chi connectivity index (χ2n) is 9.70. The quantitative estimate of drug-likeness (QED) is 0.160. The molecular formula is C28H28FN3O6S. The molecule has 0 atom stereocenters. The van der Waals surface area contributed by atoms with Crippen molar-refractivity contribution in [1.29, 1.82) is 0 Å². The smallest absolute Gasteiger partial charge is 0.410 e. The predicted molar refractivity (Wildman–Crippen MR) is 147 cm³/mol. The Morgan fingerprint density at radius 1 is 1.13 bits per heavy atom. The van der Waals surface area contributed by atoms with Gasteiger partial charge in [-0.05, 0) is 50.1 Å². The van der Waals surface area contributed by atoms with E-state index in [1.54, 1.807) is 24.3 Å². The van der Waals surface area contributed by atoms with Crippen LogP contribution in [-0.4, -0.2) is 46.8 Å². The number of non-ortho nitro benzene ring substituents is 1. The number of carbonyl (C=O) groups is 1. The highest BCUT2D eigenvalue weighted by atomic mass is 32.1. The van der Waals surface area contributed by atoms with Crippen LogP contribution in [0.3, 0.4) is 0 Å². The van der Waals surface area contributed by atoms with E-state index in [-0.39, 0.29) is 11.4 Å². The summed E-state index contributed by atoms with van der Waals surface area (Å²) in [7, 11) is 1.58. The van der Waals surface area contributed by atoms with Crippen LogP contribution in [0.25, 0.3) is 20.7 Å². The third kappa shape index (κ3) is 7.06. The van der Waals surface area contributed by atoms with Crippen molar-refractivity contribution >= 4 is 33.3 Å². The molecule has 39 heavy (non-hydrogen) atoms. The van der Waals surface area contributed by atoms with Gasteiger partial charge < -0.3 is 19.1 Å². The van der Waals surface area contributed by atoms with E-state index in [2.05, 4.69) is 4.98 Å². The number of nitrogens with zero attached hydrogens (tertiary/aromatic N) is 3. The summed E-state index contributed by atoms with van der Waals surface area (Å²) in [4.78, 5) is 29.9. The lowest BCUT2D eigenvalue weighted by atomic mass is 10.1. The molecule has 2 aromatic heterocycles. The number of nitro groups is 1. The number of ether oxygens (including phenoxy) is 3. The number of benzene rings is 2. The van der Waals surface area contributed by atoms with Gasteiger partial charge in [0.25, 0.3) is 5.69 Å². The van der Waals surface area contributed by atoms with Gasteiger partial charge in [0.05, 0.1) is 27.8 Å². The summed E-state index contributed by atoms with van der Waals surface area (Å²) in [6.45, 7) is 6.56. The number of hydrogen-bond acceptors (Lipinski definition) is 8. The zero-order chi connectivity index (χ0) is 28.2. The van der Waals surface area contributed by atoms with Crippen LogP contribution in [0.4, 0.5) is 14.9 Å². The first-order valence-electron chi connectivity index (χ1n) is 12.1. The third-order valence-corrected chi connectivity index (χ3v) is 6.71. The first-order valence-corrected chi connectivity index (χ1v) is 12.9. The van der Waals surface area contributed by atoms with E-state index in [0.717, 1.165) is 22.1 Å². The van der Waals surface area contributed by atoms with Crippen LogP contribution in [-0.2, 0) is 16.0 Å². The molecule has 9 nitrogen and oxygen atoms in total. The maximum Gasteiger partial charge on any atom is 0.410 e. The predicted octanol–water partition coefficient (Wildman–Crippen LogP) is 7.19. The summed E-state index contributed by atoms with van der Waals surface area (Å²) in [5.74, 6) is -0.569. The van der Waals surface area contributed by atoms with Gasteiger partial charge in [-0.2, -0.15) is 0 Å². The Morgan fingerprint density at radius 3 is 2.62 bits per heavy atom. The van der Waals surface area contributed by atoms with E-state index in [0.29, 0.717) is 35.7 Å². The van der Waals surface area contributed by atoms with E-state index in [1.807, 2.05) is 51.1 Å². The summed E-state index contributed by atoms with van der Waals surface area (Å²) in [6.07, 6.45) is 1.14. The van der Waals surface area contributed by atoms with Crippen LogP contribution < -0.4 is 4.74 Å². The highest BCUT2D eigenvalue weighted by Gasteiger charge is 2.22. The molecule has 11 heteroatoms. The number of carbonyl (C=O) groups excluding carboxylic acids is 1. The Labute approximate surface area is 228 Å². The SMILES string of the molecule is COCCN(Cc1cccc(-c2cc3nccc(Oc4ccc([N+](=O)[O-])cc4F)c3s2)c1)C(=O)OC(C)(C)C. The molecule has 0 N–H and O–H groups in total. The zero-order valence-corrected chi connectivity index (χ0v) is 22.8. The van der Waals surface area contributed by atoms with E-state index in [9.17, 15) is 19.3 Å². The minimum atomic E-state index is -0.832. The molecule has 0 spiro atoms. The molecule has 4 aromatic rings. The number of methoxy groups -OCH3 is 1. The molecule has 2 heterocycles. The summed E-state index contributed by atoms with van der Waals surface area (Å²) in [5.41, 5.74) is 1.51. The number of amides is 1. The molecule has 0 aliphatic rings. The lowest BCUT2D eigenvalue weighted by molar-refractivity contribution is -0.385. The second kappa shape index (κ2) is 11.7. The zero-order valence-electron chi connectivity index (χ0n) is 22.0. The van der Waals surface area contributed by atoms with Crippen LogP contribution in [0.15, 0.2) is 60.8 Å². The van der Waals surface area contributed by atoms with Crippen LogP contribution >= 0.6 is 11.3 Å². The molecule has 0 saturated carbocycles. The maximum atomic E-state index is 14.5. The van der Waals surface area contributed by atoms with Crippen molar-refractivity contribution in [2.24, 2.45) is 0 Å². The Hall–Kier alpha value is -4.09. The number of rotatable bonds is 9. The molecular weight excluding hydrogens is 525 g/mol. The minimum Gasteiger partial charge on any atom is -0.453 e. The molecule has 1 amide bonds. The fraction of sp³-hybridized carbons (Fsp3) is 0.286. The largest absolute Gasteiger partial charge is 0.453 e. The van der Waals surface area contributed by atoms with E-state index < -0.39 is 22.4 Å². The van der Waals surface area contributed by atoms with Crippen molar-refractivity contribution in [3.8, 4) is 21.9 Å². The molecule has 4 rings (SSSR count). The normalized spacial score (nSPS) is 11.4. The van der Waals surface area contributed by atoms with Crippen molar-refractivity contribution in [2.75, 3.05) is 20.3 Å². The van der Waals surface area contributed by atoms with Crippen molar-refractivity contribution in [3.63, 3.8) is 0 Å². The number of hydrogen-bond donors (Lipinski definition) is 0. The summed E-state index contributed by atoms with van der Waals surface area (Å²) < 4.78 is 31.7. The van der Waals surface area contributed by atoms with Crippen molar-refractivity contribution in [2.45, 2.75) is 32.9 Å². The van der Waals surface area contributed by atoms with Gasteiger partial charge in [0, 0.05) is 43.4 Å². The van der Waals surface area contributed by atoms with E-state index in [4.69, 9.17) is 14.2 Å². The van der Waals surface area contributed by atoms with Gasteiger partial charge in [0.15, 0.2) is 11.6 Å². The number of aromatic nitrogens is 1. The van der Waals surface area contributed by atoms with Gasteiger partial charge in [0.1, 0.15) is 11.4 Å². The molecule has 0 aliphatic heterocycles. The number of halogens is 1. The van der Waals surface area contributed by atoms with Crippen LogP contribution in [0.2, 0.25) is 0 Å². The second-order valence-corrected chi connectivity index (χ2v) is 10.8. The summed E-state index contributed by atoms with van der Waals surface area (Å²) in [5, 5.41) is 10.9. The van der Waals surface area contributed by atoms with Gasteiger partial charge in [-0.3, -0.25) is 15.1 Å². The molecule has 0 radical (unpaired) electrons. The summed E-state index contributed by atoms with van der Waals surface area (Å²) in [6, 6.07) is 14.6. The van der Waals surface area contributed by atoms with E-state index in [1.165, 1.54) is 23.5 Å². The first-order chi connectivity index (χ1) is 18.5. The number of nitro benzene ring substituents is 1. The highest BCUT2D eigenvalue weighted by molar-refractivity contribution is 7.22. The Bertz CT molecular complexity index is 1500. The monoisotopic (exact) mass is 553 g/mol. The minimum absolute atomic E-state index is 0.122. The third-order valence-electron chi connectivity index (χ3n) is 5.52. The van der Waals surface area contributed by atoms with Gasteiger partial charge in [-0.25, -0.2) is 9.18 Å². The number of pyridine rings is 1. The molecule has 204 valence electrons. The Balaban J connectivity index is 1.59. The fourth-order valence-electron chi connectivity index (χ4n) is 3.75. The van der Waals surface area contributed by atoms with Crippen molar-refractivity contribution in [1.82, 2.24) is 9.88 Å². The van der Waals surface area contributed by atoms with Crippen molar-refractivity contribution in [3.05, 3.63) is 82.3 Å². The van der Waals surface area contributed by atoms with Crippen LogP contribution in [0, 0.1) is 15.9 Å². The van der Waals surface area contributed by atoms with Crippen molar-refractivity contribution < 1.29 is 28.3 Å². The standard InChI is InChI=1S/C28H28FN3O6S/c1-28(2,3)38-27(33)31(12-13-36-4)17-18-6-5-7-19(14-18)25-16-22-26(39-25)24(10-11-30-22)37-23-9-8-20(32(34)35)15-21(23)29/h5-11,14-16H,12-13,17H2,1-4H3. The lowest BCUT2D eigenvalue weighted by Gasteiger charge is -2.27. The maximum absolute atomic E-state index is 14.5. The van der Waals surface area contributed by atoms with Gasteiger partial charge in [-0.15, -0.1) is 11.3 Å². The first kappa shape index (κ1) is 27.9. The average molecular weight is 554 g/mol. The van der Waals surface area contributed by atoms with Gasteiger partial charge in [0.2, 0.25) is 0 Å². The topological polar surface area (TPSA) is 104 Å². The Kier molecular flexibility index (Phi) is 8.41. The van der Waals surface area contributed by atoms with Gasteiger partial charge >= 0.3 is 6.09 Å². The Morgan fingerprint density at radius 2 is 1.92 bits per heavy atom. The fourth-order valence-corrected chi connectivity index (χ4v) is 4.81. The van der Waals surface area contributed by atoms with Gasteiger partial charge in [-0.1, -0.05) is 18.2 Å².